The number of ether oxygens (including phenoxy) is 1. The molecule has 1 saturated heterocycles. The summed E-state index contributed by atoms with van der Waals surface area (Å²) < 4.78 is 40.4. The zero-order chi connectivity index (χ0) is 25.2. The van der Waals surface area contributed by atoms with Crippen molar-refractivity contribution in [2.24, 2.45) is 5.92 Å². The molecule has 33 heavy (non-hydrogen) atoms. The van der Waals surface area contributed by atoms with E-state index in [0.29, 0.717) is 32.4 Å². The van der Waals surface area contributed by atoms with Gasteiger partial charge in [-0.3, -0.25) is 4.79 Å². The Labute approximate surface area is 202 Å². The van der Waals surface area contributed by atoms with Crippen LogP contribution in [0.1, 0.15) is 66.4 Å². The Morgan fingerprint density at radius 3 is 2.18 bits per heavy atom. The number of rotatable bonds is 8. The molecule has 0 spiro atoms. The van der Waals surface area contributed by atoms with Crippen LogP contribution in [-0.4, -0.2) is 51.8 Å². The summed E-state index contributed by atoms with van der Waals surface area (Å²) in [5, 5.41) is 0.111. The number of carbonyl (C=O) groups excluding carboxylic acids is 1. The SMILES string of the molecule is Cc1ccc(S(=O)(=O)N2CCC(C(=O)OC(C)(C)C)[C@@H]2CCCO[Si](C)(C)C(C)(C)C)cc1. The third kappa shape index (κ3) is 7.13. The highest BCUT2D eigenvalue weighted by atomic mass is 32.2. The number of esters is 1. The van der Waals surface area contributed by atoms with Gasteiger partial charge in [-0.05, 0) is 77.2 Å². The lowest BCUT2D eigenvalue weighted by Gasteiger charge is -2.36. The van der Waals surface area contributed by atoms with Gasteiger partial charge in [-0.2, -0.15) is 4.31 Å². The van der Waals surface area contributed by atoms with Crippen molar-refractivity contribution in [1.29, 1.82) is 0 Å². The molecule has 0 aromatic heterocycles. The molecule has 1 fully saturated rings. The minimum atomic E-state index is -3.71. The topological polar surface area (TPSA) is 72.9 Å². The molecule has 1 aromatic carbocycles. The molecule has 8 heteroatoms. The van der Waals surface area contributed by atoms with Gasteiger partial charge < -0.3 is 9.16 Å². The number of carbonyl (C=O) groups is 1. The van der Waals surface area contributed by atoms with Crippen LogP contribution in [0.3, 0.4) is 0 Å². The number of hydrogen-bond donors (Lipinski definition) is 0. The Balaban J connectivity index is 2.22. The van der Waals surface area contributed by atoms with Gasteiger partial charge in [0, 0.05) is 19.2 Å². The summed E-state index contributed by atoms with van der Waals surface area (Å²) in [6.07, 6.45) is 1.72. The van der Waals surface area contributed by atoms with Crippen molar-refractivity contribution in [3.8, 4) is 0 Å². The number of nitrogens with zero attached hydrogens (tertiary/aromatic N) is 1. The maximum atomic E-state index is 13.5. The molecule has 1 aromatic rings. The van der Waals surface area contributed by atoms with Crippen LogP contribution in [0, 0.1) is 12.8 Å². The molecular weight excluding hydrogens is 454 g/mol. The Hall–Kier alpha value is -1.22. The Bertz CT molecular complexity index is 914. The standard InChI is InChI=1S/C25H43NO5SSi/c1-19-12-14-20(15-13-19)32(28,29)26-17-16-21(23(27)31-24(2,3)4)22(26)11-10-18-30-33(8,9)25(5,6)7/h12-15,21-22H,10-11,16-18H2,1-9H3/t21?,22-/m0/s1. The normalized spacial score (nSPS) is 20.8. The molecule has 1 unspecified atom stereocenters. The van der Waals surface area contributed by atoms with Crippen LogP contribution in [0.2, 0.25) is 18.1 Å². The van der Waals surface area contributed by atoms with Crippen LogP contribution >= 0.6 is 0 Å². The molecule has 0 radical (unpaired) electrons. The van der Waals surface area contributed by atoms with Gasteiger partial charge in [-0.25, -0.2) is 8.42 Å². The van der Waals surface area contributed by atoms with Crippen molar-refractivity contribution in [2.45, 2.75) is 102 Å². The van der Waals surface area contributed by atoms with E-state index in [1.807, 2.05) is 27.7 Å². The molecular formula is C25H43NO5SSi. The molecule has 0 N–H and O–H groups in total. The van der Waals surface area contributed by atoms with Gasteiger partial charge in [0.05, 0.1) is 10.8 Å². The number of sulfonamides is 1. The molecule has 1 heterocycles. The van der Waals surface area contributed by atoms with Gasteiger partial charge in [0.15, 0.2) is 8.32 Å². The summed E-state index contributed by atoms with van der Waals surface area (Å²) in [4.78, 5) is 13.2. The molecule has 188 valence electrons. The predicted molar refractivity (Wildman–Crippen MR) is 135 cm³/mol. The van der Waals surface area contributed by atoms with Gasteiger partial charge >= 0.3 is 5.97 Å². The van der Waals surface area contributed by atoms with E-state index < -0.39 is 35.9 Å². The summed E-state index contributed by atoms with van der Waals surface area (Å²) in [6.45, 7) is 19.3. The smallest absolute Gasteiger partial charge is 0.311 e. The fraction of sp³-hybridized carbons (Fsp3) is 0.720. The summed E-state index contributed by atoms with van der Waals surface area (Å²) in [5.74, 6) is -0.795. The zero-order valence-corrected chi connectivity index (χ0v) is 23.7. The highest BCUT2D eigenvalue weighted by molar-refractivity contribution is 7.89. The minimum Gasteiger partial charge on any atom is -0.460 e. The van der Waals surface area contributed by atoms with E-state index in [1.165, 1.54) is 4.31 Å². The summed E-state index contributed by atoms with van der Waals surface area (Å²) >= 11 is 0. The van der Waals surface area contributed by atoms with Crippen molar-refractivity contribution in [3.05, 3.63) is 29.8 Å². The van der Waals surface area contributed by atoms with Crippen molar-refractivity contribution in [1.82, 2.24) is 4.31 Å². The lowest BCUT2D eigenvalue weighted by Crippen LogP contribution is -2.42. The summed E-state index contributed by atoms with van der Waals surface area (Å²) in [5.41, 5.74) is 0.386. The molecule has 0 saturated carbocycles. The Kier molecular flexibility index (Phi) is 8.64. The molecule has 0 amide bonds. The van der Waals surface area contributed by atoms with Gasteiger partial charge in [0.1, 0.15) is 5.60 Å². The van der Waals surface area contributed by atoms with E-state index in [4.69, 9.17) is 9.16 Å². The fourth-order valence-corrected chi connectivity index (χ4v) is 6.60. The largest absolute Gasteiger partial charge is 0.460 e. The first-order valence-electron chi connectivity index (χ1n) is 11.9. The van der Waals surface area contributed by atoms with Crippen LogP contribution in [0.25, 0.3) is 0 Å². The molecule has 6 nitrogen and oxygen atoms in total. The molecule has 0 bridgehead atoms. The van der Waals surface area contributed by atoms with E-state index in [1.54, 1.807) is 24.3 Å². The van der Waals surface area contributed by atoms with Crippen LogP contribution in [-0.2, 0) is 24.0 Å². The number of benzene rings is 1. The first kappa shape index (κ1) is 28.0. The summed E-state index contributed by atoms with van der Waals surface area (Å²) in [7, 11) is -5.60. The van der Waals surface area contributed by atoms with E-state index in [9.17, 15) is 13.2 Å². The molecule has 0 aliphatic carbocycles. The molecule has 1 aliphatic rings. The van der Waals surface area contributed by atoms with Crippen molar-refractivity contribution < 1.29 is 22.4 Å². The number of aryl methyl sites for hydroxylation is 1. The second-order valence-corrected chi connectivity index (χ2v) is 18.4. The van der Waals surface area contributed by atoms with Gasteiger partial charge in [-0.1, -0.05) is 38.5 Å². The maximum Gasteiger partial charge on any atom is 0.311 e. The first-order valence-corrected chi connectivity index (χ1v) is 16.3. The highest BCUT2D eigenvalue weighted by Crippen LogP contribution is 2.38. The fourth-order valence-electron chi connectivity index (χ4n) is 3.80. The average Bonchev–Trinajstić information content (AvgIpc) is 3.08. The van der Waals surface area contributed by atoms with Crippen molar-refractivity contribution in [2.75, 3.05) is 13.2 Å². The van der Waals surface area contributed by atoms with E-state index in [-0.39, 0.29) is 15.9 Å². The lowest BCUT2D eigenvalue weighted by atomic mass is 9.96. The summed E-state index contributed by atoms with van der Waals surface area (Å²) in [6, 6.07) is 6.45. The van der Waals surface area contributed by atoms with E-state index >= 15 is 0 Å². The van der Waals surface area contributed by atoms with Crippen LogP contribution < -0.4 is 0 Å². The average molecular weight is 498 g/mol. The van der Waals surface area contributed by atoms with Crippen LogP contribution in [0.15, 0.2) is 29.2 Å². The molecule has 2 rings (SSSR count). The maximum absolute atomic E-state index is 13.5. The monoisotopic (exact) mass is 497 g/mol. The quantitative estimate of drug-likeness (QED) is 0.269. The van der Waals surface area contributed by atoms with Crippen molar-refractivity contribution >= 4 is 24.3 Å². The Morgan fingerprint density at radius 1 is 1.09 bits per heavy atom. The second-order valence-electron chi connectivity index (χ2n) is 11.7. The Morgan fingerprint density at radius 2 is 1.67 bits per heavy atom. The van der Waals surface area contributed by atoms with Crippen molar-refractivity contribution in [3.63, 3.8) is 0 Å². The number of hydrogen-bond acceptors (Lipinski definition) is 5. The van der Waals surface area contributed by atoms with E-state index in [2.05, 4.69) is 33.9 Å². The lowest BCUT2D eigenvalue weighted by molar-refractivity contribution is -0.160. The minimum absolute atomic E-state index is 0.111. The van der Waals surface area contributed by atoms with E-state index in [0.717, 1.165) is 5.56 Å². The third-order valence-electron chi connectivity index (χ3n) is 6.75. The second kappa shape index (κ2) is 10.2. The zero-order valence-electron chi connectivity index (χ0n) is 21.9. The molecule has 1 aliphatic heterocycles. The highest BCUT2D eigenvalue weighted by Gasteiger charge is 2.46. The van der Waals surface area contributed by atoms with Crippen LogP contribution in [0.5, 0.6) is 0 Å². The first-order chi connectivity index (χ1) is 15.0. The van der Waals surface area contributed by atoms with Gasteiger partial charge in [-0.15, -0.1) is 0 Å². The van der Waals surface area contributed by atoms with Gasteiger partial charge in [0.2, 0.25) is 10.0 Å². The van der Waals surface area contributed by atoms with Gasteiger partial charge in [0.25, 0.3) is 0 Å². The predicted octanol–water partition coefficient (Wildman–Crippen LogP) is 5.52. The third-order valence-corrected chi connectivity index (χ3v) is 13.2. The van der Waals surface area contributed by atoms with Crippen LogP contribution in [0.4, 0.5) is 0 Å². The molecule has 2 atom stereocenters.